The van der Waals surface area contributed by atoms with E-state index < -0.39 is 0 Å². The Labute approximate surface area is 139 Å². The molecule has 0 bridgehead atoms. The molecule has 1 unspecified atom stereocenters. The lowest BCUT2D eigenvalue weighted by molar-refractivity contribution is 0.436. The van der Waals surface area contributed by atoms with Gasteiger partial charge in [0, 0.05) is 32.4 Å². The van der Waals surface area contributed by atoms with Gasteiger partial charge in [-0.05, 0) is 32.3 Å². The average molecular weight is 393 g/mol. The quantitative estimate of drug-likeness (QED) is 0.443. The number of aryl methyl sites for hydroxylation is 2. The highest BCUT2D eigenvalue weighted by molar-refractivity contribution is 14.0. The number of aliphatic imine (C=N–C) groups is 1. The van der Waals surface area contributed by atoms with Gasteiger partial charge in [0.15, 0.2) is 5.96 Å². The second kappa shape index (κ2) is 10.0. The summed E-state index contributed by atoms with van der Waals surface area (Å²) in [6.45, 7) is 11.3. The molecule has 20 heavy (non-hydrogen) atoms. The van der Waals surface area contributed by atoms with Crippen molar-refractivity contribution >= 4 is 29.9 Å². The van der Waals surface area contributed by atoms with Crippen LogP contribution in [0.15, 0.2) is 11.1 Å². The van der Waals surface area contributed by atoms with Crippen molar-refractivity contribution in [3.8, 4) is 0 Å². The molecule has 0 aliphatic rings. The molecule has 0 saturated heterocycles. The van der Waals surface area contributed by atoms with Crippen LogP contribution in [0.25, 0.3) is 0 Å². The van der Waals surface area contributed by atoms with Crippen LogP contribution in [0.3, 0.4) is 0 Å². The van der Waals surface area contributed by atoms with Gasteiger partial charge in [-0.2, -0.15) is 5.10 Å². The number of guanidine groups is 1. The van der Waals surface area contributed by atoms with Crippen molar-refractivity contribution in [2.75, 3.05) is 20.1 Å². The molecule has 6 heteroatoms. The number of rotatable bonds is 6. The van der Waals surface area contributed by atoms with E-state index >= 15 is 0 Å². The fourth-order valence-corrected chi connectivity index (χ4v) is 1.95. The molecule has 116 valence electrons. The number of nitrogens with zero attached hydrogens (tertiary/aromatic N) is 3. The smallest absolute Gasteiger partial charge is 0.190 e. The van der Waals surface area contributed by atoms with Crippen LogP contribution in [-0.4, -0.2) is 35.9 Å². The minimum absolute atomic E-state index is 0. The number of halogens is 1. The molecule has 5 nitrogen and oxygen atoms in total. The maximum absolute atomic E-state index is 4.49. The average Bonchev–Trinajstić information content (AvgIpc) is 2.68. The van der Waals surface area contributed by atoms with E-state index in [4.69, 9.17) is 0 Å². The molecule has 0 aliphatic heterocycles. The molecule has 0 saturated carbocycles. The fourth-order valence-electron chi connectivity index (χ4n) is 1.95. The molecule has 0 spiro atoms. The molecular weight excluding hydrogens is 365 g/mol. The van der Waals surface area contributed by atoms with Crippen molar-refractivity contribution < 1.29 is 0 Å². The van der Waals surface area contributed by atoms with Gasteiger partial charge in [0.1, 0.15) is 0 Å². The van der Waals surface area contributed by atoms with E-state index in [9.17, 15) is 0 Å². The van der Waals surface area contributed by atoms with Gasteiger partial charge in [0.05, 0.1) is 5.69 Å². The van der Waals surface area contributed by atoms with Gasteiger partial charge >= 0.3 is 0 Å². The molecule has 1 aromatic heterocycles. The summed E-state index contributed by atoms with van der Waals surface area (Å²) < 4.78 is 2.07. The molecule has 1 atom stereocenters. The zero-order chi connectivity index (χ0) is 14.3. The first-order valence-corrected chi connectivity index (χ1v) is 7.02. The van der Waals surface area contributed by atoms with E-state index in [-0.39, 0.29) is 24.0 Å². The first-order chi connectivity index (χ1) is 9.06. The third-order valence-electron chi connectivity index (χ3n) is 2.97. The summed E-state index contributed by atoms with van der Waals surface area (Å²) in [5, 5.41) is 11.1. The van der Waals surface area contributed by atoms with Crippen LogP contribution in [0.4, 0.5) is 0 Å². The summed E-state index contributed by atoms with van der Waals surface area (Å²) in [7, 11) is 1.80. The Kier molecular flexibility index (Phi) is 9.62. The SMILES string of the molecule is CCCNC(=NC)NCC(C)Cn1nc(C)cc1C.I. The van der Waals surface area contributed by atoms with Gasteiger partial charge in [-0.15, -0.1) is 24.0 Å². The molecule has 1 heterocycles. The Morgan fingerprint density at radius 1 is 1.40 bits per heavy atom. The summed E-state index contributed by atoms with van der Waals surface area (Å²) >= 11 is 0. The van der Waals surface area contributed by atoms with Gasteiger partial charge in [0.2, 0.25) is 0 Å². The Hall–Kier alpha value is -0.790. The third-order valence-corrected chi connectivity index (χ3v) is 2.97. The third kappa shape index (κ3) is 6.58. The van der Waals surface area contributed by atoms with Crippen LogP contribution in [0, 0.1) is 19.8 Å². The van der Waals surface area contributed by atoms with Gasteiger partial charge < -0.3 is 10.6 Å². The van der Waals surface area contributed by atoms with Crippen molar-refractivity contribution in [1.29, 1.82) is 0 Å². The van der Waals surface area contributed by atoms with Gasteiger partial charge in [-0.3, -0.25) is 9.67 Å². The van der Waals surface area contributed by atoms with E-state index in [0.717, 1.165) is 37.7 Å². The number of aromatic nitrogens is 2. The highest BCUT2D eigenvalue weighted by Gasteiger charge is 2.07. The zero-order valence-corrected chi connectivity index (χ0v) is 15.6. The Bertz CT molecular complexity index is 414. The molecule has 1 aromatic rings. The summed E-state index contributed by atoms with van der Waals surface area (Å²) in [5.74, 6) is 1.38. The van der Waals surface area contributed by atoms with Crippen LogP contribution in [0.1, 0.15) is 31.7 Å². The lowest BCUT2D eigenvalue weighted by Crippen LogP contribution is -2.40. The highest BCUT2D eigenvalue weighted by Crippen LogP contribution is 2.05. The minimum atomic E-state index is 0. The number of hydrogen-bond acceptors (Lipinski definition) is 2. The van der Waals surface area contributed by atoms with Crippen LogP contribution in [0.5, 0.6) is 0 Å². The predicted octanol–water partition coefficient (Wildman–Crippen LogP) is 2.33. The van der Waals surface area contributed by atoms with Crippen LogP contribution >= 0.6 is 24.0 Å². The Morgan fingerprint density at radius 3 is 2.60 bits per heavy atom. The second-order valence-corrected chi connectivity index (χ2v) is 5.09. The van der Waals surface area contributed by atoms with E-state index in [2.05, 4.69) is 52.2 Å². The maximum Gasteiger partial charge on any atom is 0.190 e. The number of hydrogen-bond donors (Lipinski definition) is 2. The van der Waals surface area contributed by atoms with Gasteiger partial charge in [-0.25, -0.2) is 0 Å². The summed E-state index contributed by atoms with van der Waals surface area (Å²) in [6.07, 6.45) is 1.10. The molecule has 2 N–H and O–H groups in total. The summed E-state index contributed by atoms with van der Waals surface area (Å²) in [4.78, 5) is 4.20. The van der Waals surface area contributed by atoms with Crippen LogP contribution < -0.4 is 10.6 Å². The second-order valence-electron chi connectivity index (χ2n) is 5.09. The molecule has 0 amide bonds. The van der Waals surface area contributed by atoms with Crippen molar-refractivity contribution in [3.63, 3.8) is 0 Å². The Balaban J connectivity index is 0.00000361. The molecule has 1 rings (SSSR count). The molecule has 0 radical (unpaired) electrons. The first kappa shape index (κ1) is 19.2. The largest absolute Gasteiger partial charge is 0.356 e. The highest BCUT2D eigenvalue weighted by atomic mass is 127. The van der Waals surface area contributed by atoms with Gasteiger partial charge in [0.25, 0.3) is 0 Å². The van der Waals surface area contributed by atoms with E-state index in [1.807, 2.05) is 6.92 Å². The zero-order valence-electron chi connectivity index (χ0n) is 13.2. The fraction of sp³-hybridized carbons (Fsp3) is 0.714. The normalized spacial score (nSPS) is 12.8. The van der Waals surface area contributed by atoms with Gasteiger partial charge in [-0.1, -0.05) is 13.8 Å². The van der Waals surface area contributed by atoms with Crippen molar-refractivity contribution in [3.05, 3.63) is 17.5 Å². The monoisotopic (exact) mass is 393 g/mol. The topological polar surface area (TPSA) is 54.2 Å². The molecule has 0 fully saturated rings. The predicted molar refractivity (Wildman–Crippen MR) is 95.9 cm³/mol. The molecule has 0 aliphatic carbocycles. The molecular formula is C14H28IN5. The van der Waals surface area contributed by atoms with Crippen molar-refractivity contribution in [1.82, 2.24) is 20.4 Å². The van der Waals surface area contributed by atoms with E-state index in [1.54, 1.807) is 7.05 Å². The lowest BCUT2D eigenvalue weighted by atomic mass is 10.2. The standard InChI is InChI=1S/C14H27N5.HI/c1-6-7-16-14(15-5)17-9-11(2)10-19-13(4)8-12(3)18-19;/h8,11H,6-7,9-10H2,1-5H3,(H2,15,16,17);1H. The Morgan fingerprint density at radius 2 is 2.10 bits per heavy atom. The lowest BCUT2D eigenvalue weighted by Gasteiger charge is -2.16. The van der Waals surface area contributed by atoms with E-state index in [1.165, 1.54) is 5.69 Å². The summed E-state index contributed by atoms with van der Waals surface area (Å²) in [5.41, 5.74) is 2.30. The summed E-state index contributed by atoms with van der Waals surface area (Å²) in [6, 6.07) is 2.11. The van der Waals surface area contributed by atoms with E-state index in [0.29, 0.717) is 5.92 Å². The minimum Gasteiger partial charge on any atom is -0.356 e. The number of nitrogens with one attached hydrogen (secondary N) is 2. The maximum atomic E-state index is 4.49. The van der Waals surface area contributed by atoms with Crippen molar-refractivity contribution in [2.45, 2.75) is 40.7 Å². The van der Waals surface area contributed by atoms with Crippen molar-refractivity contribution in [2.24, 2.45) is 10.9 Å². The van der Waals surface area contributed by atoms with Crippen LogP contribution in [-0.2, 0) is 6.54 Å². The van der Waals surface area contributed by atoms with Crippen LogP contribution in [0.2, 0.25) is 0 Å². The first-order valence-electron chi connectivity index (χ1n) is 7.02. The molecule has 0 aromatic carbocycles.